The first-order chi connectivity index (χ1) is 8.63. The van der Waals surface area contributed by atoms with Crippen molar-refractivity contribution in [2.75, 3.05) is 18.0 Å². The van der Waals surface area contributed by atoms with Crippen LogP contribution in [0.2, 0.25) is 0 Å². The van der Waals surface area contributed by atoms with Gasteiger partial charge in [-0.2, -0.15) is 0 Å². The van der Waals surface area contributed by atoms with E-state index in [-0.39, 0.29) is 5.84 Å². The number of nitrogens with zero attached hydrogens (tertiary/aromatic N) is 3. The third-order valence-electron chi connectivity index (χ3n) is 2.86. The van der Waals surface area contributed by atoms with E-state index in [0.717, 1.165) is 37.4 Å². The maximum absolute atomic E-state index is 8.83. The molecule has 0 aliphatic rings. The Morgan fingerprint density at radius 1 is 1.44 bits per heavy atom. The molecular formula is C13H22N4O. The van der Waals surface area contributed by atoms with Gasteiger partial charge in [-0.1, -0.05) is 18.5 Å². The molecule has 0 aromatic carbocycles. The van der Waals surface area contributed by atoms with Crippen LogP contribution in [0.25, 0.3) is 0 Å². The lowest BCUT2D eigenvalue weighted by atomic mass is 10.2. The molecule has 0 spiro atoms. The van der Waals surface area contributed by atoms with E-state index in [1.807, 2.05) is 19.1 Å². The Balaban J connectivity index is 3.13. The van der Waals surface area contributed by atoms with Gasteiger partial charge in [-0.3, -0.25) is 0 Å². The second-order valence-electron chi connectivity index (χ2n) is 4.24. The summed E-state index contributed by atoms with van der Waals surface area (Å²) in [6, 6.07) is 3.71. The van der Waals surface area contributed by atoms with Crippen molar-refractivity contribution < 1.29 is 5.21 Å². The molecule has 0 unspecified atom stereocenters. The maximum atomic E-state index is 8.83. The molecule has 5 nitrogen and oxygen atoms in total. The van der Waals surface area contributed by atoms with Crippen LogP contribution in [0.3, 0.4) is 0 Å². The first kappa shape index (κ1) is 14.3. The third-order valence-corrected chi connectivity index (χ3v) is 2.86. The maximum Gasteiger partial charge on any atom is 0.173 e. The number of aryl methyl sites for hydroxylation is 1. The molecule has 0 radical (unpaired) electrons. The summed E-state index contributed by atoms with van der Waals surface area (Å²) in [5, 5.41) is 11.9. The van der Waals surface area contributed by atoms with E-state index in [1.165, 1.54) is 0 Å². The fraction of sp³-hybridized carbons (Fsp3) is 0.538. The molecule has 100 valence electrons. The summed E-state index contributed by atoms with van der Waals surface area (Å²) in [4.78, 5) is 6.68. The van der Waals surface area contributed by atoms with Crippen LogP contribution in [0.1, 0.15) is 37.9 Å². The molecule has 1 rings (SSSR count). The lowest BCUT2D eigenvalue weighted by molar-refractivity contribution is 0.318. The molecule has 18 heavy (non-hydrogen) atoms. The van der Waals surface area contributed by atoms with Crippen molar-refractivity contribution in [3.8, 4) is 0 Å². The van der Waals surface area contributed by atoms with Crippen molar-refractivity contribution in [3.63, 3.8) is 0 Å². The van der Waals surface area contributed by atoms with Crippen LogP contribution in [0.15, 0.2) is 17.3 Å². The lowest BCUT2D eigenvalue weighted by Gasteiger charge is -2.24. The number of amidine groups is 1. The SMILES string of the molecule is CCCCN(CC)c1nc(C)ccc1C(N)=NO. The average Bonchev–Trinajstić information content (AvgIpc) is 2.39. The molecule has 0 aliphatic carbocycles. The number of hydrogen-bond donors (Lipinski definition) is 2. The quantitative estimate of drug-likeness (QED) is 0.351. The number of nitrogens with two attached hydrogens (primary N) is 1. The summed E-state index contributed by atoms with van der Waals surface area (Å²) in [7, 11) is 0. The zero-order valence-electron chi connectivity index (χ0n) is 11.3. The highest BCUT2D eigenvalue weighted by Gasteiger charge is 2.14. The molecule has 0 amide bonds. The fourth-order valence-corrected chi connectivity index (χ4v) is 1.80. The van der Waals surface area contributed by atoms with Gasteiger partial charge in [-0.25, -0.2) is 4.98 Å². The first-order valence-electron chi connectivity index (χ1n) is 6.34. The van der Waals surface area contributed by atoms with Crippen molar-refractivity contribution in [1.29, 1.82) is 0 Å². The Kier molecular flexibility index (Phi) is 5.42. The van der Waals surface area contributed by atoms with Crippen LogP contribution < -0.4 is 10.6 Å². The summed E-state index contributed by atoms with van der Waals surface area (Å²) in [6.07, 6.45) is 2.22. The smallest absolute Gasteiger partial charge is 0.173 e. The normalized spacial score (nSPS) is 11.6. The monoisotopic (exact) mass is 250 g/mol. The number of aromatic nitrogens is 1. The van der Waals surface area contributed by atoms with E-state index < -0.39 is 0 Å². The van der Waals surface area contributed by atoms with Crippen LogP contribution in [0.5, 0.6) is 0 Å². The third kappa shape index (κ3) is 3.35. The number of anilines is 1. The van der Waals surface area contributed by atoms with Crippen LogP contribution >= 0.6 is 0 Å². The van der Waals surface area contributed by atoms with Gasteiger partial charge in [0.05, 0.1) is 5.56 Å². The molecule has 0 atom stereocenters. The Morgan fingerprint density at radius 2 is 2.17 bits per heavy atom. The number of hydrogen-bond acceptors (Lipinski definition) is 4. The molecule has 1 heterocycles. The van der Waals surface area contributed by atoms with Crippen molar-refractivity contribution in [3.05, 3.63) is 23.4 Å². The van der Waals surface area contributed by atoms with Crippen molar-refractivity contribution in [2.45, 2.75) is 33.6 Å². The van der Waals surface area contributed by atoms with E-state index in [0.29, 0.717) is 5.56 Å². The van der Waals surface area contributed by atoms with E-state index in [9.17, 15) is 0 Å². The molecule has 0 aliphatic heterocycles. The summed E-state index contributed by atoms with van der Waals surface area (Å²) in [6.45, 7) is 7.95. The first-order valence-corrected chi connectivity index (χ1v) is 6.34. The van der Waals surface area contributed by atoms with E-state index in [1.54, 1.807) is 0 Å². The molecule has 0 bridgehead atoms. The molecular weight excluding hydrogens is 228 g/mol. The average molecular weight is 250 g/mol. The molecule has 3 N–H and O–H groups in total. The van der Waals surface area contributed by atoms with Gasteiger partial charge in [-0.15, -0.1) is 0 Å². The Bertz CT molecular complexity index is 417. The van der Waals surface area contributed by atoms with E-state index in [4.69, 9.17) is 10.9 Å². The summed E-state index contributed by atoms with van der Waals surface area (Å²) in [5.41, 5.74) is 7.31. The van der Waals surface area contributed by atoms with Gasteiger partial charge < -0.3 is 15.8 Å². The minimum atomic E-state index is 0.104. The standard InChI is InChI=1S/C13H22N4O/c1-4-6-9-17(5-2)13-11(12(14)16-18)8-7-10(3)15-13/h7-8,18H,4-6,9H2,1-3H3,(H2,14,16). The van der Waals surface area contributed by atoms with Gasteiger partial charge in [-0.05, 0) is 32.4 Å². The van der Waals surface area contributed by atoms with Crippen molar-refractivity contribution in [2.24, 2.45) is 10.9 Å². The highest BCUT2D eigenvalue weighted by atomic mass is 16.4. The highest BCUT2D eigenvalue weighted by molar-refractivity contribution is 6.01. The number of rotatable bonds is 6. The van der Waals surface area contributed by atoms with Crippen molar-refractivity contribution >= 4 is 11.7 Å². The predicted molar refractivity (Wildman–Crippen MR) is 74.3 cm³/mol. The number of oxime groups is 1. The number of pyridine rings is 1. The molecule has 0 saturated carbocycles. The minimum Gasteiger partial charge on any atom is -0.409 e. The van der Waals surface area contributed by atoms with Gasteiger partial charge in [0.25, 0.3) is 0 Å². The summed E-state index contributed by atoms with van der Waals surface area (Å²) >= 11 is 0. The molecule has 0 saturated heterocycles. The van der Waals surface area contributed by atoms with Gasteiger partial charge in [0.2, 0.25) is 0 Å². The summed E-state index contributed by atoms with van der Waals surface area (Å²) < 4.78 is 0. The molecule has 1 aromatic heterocycles. The largest absolute Gasteiger partial charge is 0.409 e. The van der Waals surface area contributed by atoms with Crippen molar-refractivity contribution in [1.82, 2.24) is 4.98 Å². The van der Waals surface area contributed by atoms with E-state index >= 15 is 0 Å². The Labute approximate surface area is 108 Å². The topological polar surface area (TPSA) is 74.7 Å². The summed E-state index contributed by atoms with van der Waals surface area (Å²) in [5.74, 6) is 0.897. The van der Waals surface area contributed by atoms with Gasteiger partial charge in [0.1, 0.15) is 5.82 Å². The van der Waals surface area contributed by atoms with Crippen LogP contribution in [-0.4, -0.2) is 29.1 Å². The second-order valence-corrected chi connectivity index (χ2v) is 4.24. The fourth-order valence-electron chi connectivity index (χ4n) is 1.80. The van der Waals surface area contributed by atoms with Gasteiger partial charge in [0, 0.05) is 18.8 Å². The predicted octanol–water partition coefficient (Wildman–Crippen LogP) is 2.11. The minimum absolute atomic E-state index is 0.104. The van der Waals surface area contributed by atoms with Gasteiger partial charge in [0.15, 0.2) is 5.84 Å². The molecule has 5 heteroatoms. The molecule has 0 fully saturated rings. The van der Waals surface area contributed by atoms with E-state index in [2.05, 4.69) is 28.9 Å². The zero-order chi connectivity index (χ0) is 13.5. The highest BCUT2D eigenvalue weighted by Crippen LogP contribution is 2.19. The Morgan fingerprint density at radius 3 is 2.72 bits per heavy atom. The molecule has 1 aromatic rings. The van der Waals surface area contributed by atoms with Crippen LogP contribution in [-0.2, 0) is 0 Å². The van der Waals surface area contributed by atoms with Gasteiger partial charge >= 0.3 is 0 Å². The zero-order valence-corrected chi connectivity index (χ0v) is 11.3. The van der Waals surface area contributed by atoms with Crippen LogP contribution in [0, 0.1) is 6.92 Å². The number of unbranched alkanes of at least 4 members (excludes halogenated alkanes) is 1. The Hall–Kier alpha value is -1.78. The lowest BCUT2D eigenvalue weighted by Crippen LogP contribution is -2.28. The van der Waals surface area contributed by atoms with Crippen LogP contribution in [0.4, 0.5) is 5.82 Å². The second kappa shape index (κ2) is 6.83.